The van der Waals surface area contributed by atoms with Crippen LogP contribution in [0.4, 0.5) is 0 Å². The summed E-state index contributed by atoms with van der Waals surface area (Å²) in [6.45, 7) is 0. The Hall–Kier alpha value is 4.36. The molecule has 1 rings (SSSR count). The number of aliphatic hydroxyl groups excluding tert-OH is 2. The van der Waals surface area contributed by atoms with Crippen molar-refractivity contribution in [2.75, 3.05) is 0 Å². The predicted octanol–water partition coefficient (Wildman–Crippen LogP) is -17.9. The maximum Gasteiger partial charge on any atom is 1.00 e. The first kappa shape index (κ1) is 43.4. The molecule has 6 N–H and O–H groups in total. The van der Waals surface area contributed by atoms with Gasteiger partial charge in [-0.2, -0.15) is 0 Å². The van der Waals surface area contributed by atoms with Crippen LogP contribution in [0.2, 0.25) is 0 Å². The van der Waals surface area contributed by atoms with Gasteiger partial charge in [0.25, 0.3) is 0 Å². The van der Waals surface area contributed by atoms with Crippen LogP contribution in [0.1, 0.15) is 0 Å². The molecular formula is C6H12Na4O18P4. The van der Waals surface area contributed by atoms with Crippen molar-refractivity contribution in [3.63, 3.8) is 0 Å². The zero-order valence-corrected chi connectivity index (χ0v) is 28.4. The largest absolute Gasteiger partial charge is 1.00 e. The minimum atomic E-state index is -6.12. The van der Waals surface area contributed by atoms with Crippen molar-refractivity contribution in [1.82, 2.24) is 0 Å². The van der Waals surface area contributed by atoms with Crippen LogP contribution in [0, 0.1) is 0 Å². The number of hydrogen-bond donors (Lipinski definition) is 6. The van der Waals surface area contributed by atoms with Crippen LogP contribution in [0.3, 0.4) is 0 Å². The SMILES string of the molecule is O=P([O-])([O-])OC1C(O)C(OP(=O)([O-])[O-])C(OP(=O)(O)O)C(O)C1OP(=O)(O)O.[Na+].[Na+].[Na+].[Na+]. The second-order valence-electron chi connectivity index (χ2n) is 5.14. The first-order chi connectivity index (χ1) is 12.2. The third kappa shape index (κ3) is 16.4. The van der Waals surface area contributed by atoms with Gasteiger partial charge in [-0.05, 0) is 0 Å². The first-order valence-corrected chi connectivity index (χ1v) is 12.4. The van der Waals surface area contributed by atoms with Crippen LogP contribution >= 0.6 is 31.3 Å². The minimum absolute atomic E-state index is 0. The molecule has 4 atom stereocenters. The summed E-state index contributed by atoms with van der Waals surface area (Å²) in [5.41, 5.74) is 0. The van der Waals surface area contributed by atoms with E-state index in [-0.39, 0.29) is 118 Å². The molecule has 0 saturated heterocycles. The number of aliphatic hydroxyl groups is 2. The van der Waals surface area contributed by atoms with Gasteiger partial charge in [0.05, 0.1) is 15.6 Å². The van der Waals surface area contributed by atoms with Crippen molar-refractivity contribution in [3.05, 3.63) is 0 Å². The van der Waals surface area contributed by atoms with Gasteiger partial charge < -0.3 is 67.5 Å². The van der Waals surface area contributed by atoms with Crippen molar-refractivity contribution in [3.8, 4) is 0 Å². The Balaban J connectivity index is -0.000000980. The molecule has 0 aromatic rings. The van der Waals surface area contributed by atoms with E-state index in [1.807, 2.05) is 0 Å². The third-order valence-corrected chi connectivity index (χ3v) is 5.05. The Bertz CT molecular complexity index is 622. The summed E-state index contributed by atoms with van der Waals surface area (Å²) < 4.78 is 59.1. The molecule has 0 spiro atoms. The van der Waals surface area contributed by atoms with Crippen molar-refractivity contribution in [1.29, 1.82) is 0 Å². The molecule has 1 aliphatic rings. The number of phosphoric acid groups is 4. The fourth-order valence-electron chi connectivity index (χ4n) is 2.26. The quantitative estimate of drug-likeness (QED) is 0.113. The van der Waals surface area contributed by atoms with Gasteiger partial charge in [0.15, 0.2) is 0 Å². The van der Waals surface area contributed by atoms with Gasteiger partial charge in [-0.15, -0.1) is 0 Å². The van der Waals surface area contributed by atoms with Crippen LogP contribution in [0.15, 0.2) is 0 Å². The van der Waals surface area contributed by atoms with Crippen LogP contribution in [-0.4, -0.2) is 66.4 Å². The van der Waals surface area contributed by atoms with Gasteiger partial charge in [-0.1, -0.05) is 0 Å². The van der Waals surface area contributed by atoms with E-state index in [9.17, 15) is 48.0 Å². The molecule has 0 bridgehead atoms. The third-order valence-electron chi connectivity index (χ3n) is 3.01. The molecule has 1 saturated carbocycles. The summed E-state index contributed by atoms with van der Waals surface area (Å²) in [5, 5.41) is 20.0. The zero-order chi connectivity index (χ0) is 22.3. The molecule has 0 radical (unpaired) electrons. The summed E-state index contributed by atoms with van der Waals surface area (Å²) in [4.78, 5) is 78.4. The maximum absolute atomic E-state index is 11.0. The predicted molar refractivity (Wildman–Crippen MR) is 70.8 cm³/mol. The summed E-state index contributed by atoms with van der Waals surface area (Å²) in [5.74, 6) is 0. The van der Waals surface area contributed by atoms with E-state index in [1.54, 1.807) is 0 Å². The molecule has 0 aliphatic heterocycles. The fourth-order valence-corrected chi connectivity index (χ4v) is 4.47. The van der Waals surface area contributed by atoms with Crippen LogP contribution in [0.5, 0.6) is 0 Å². The molecular weight excluding hydrogens is 576 g/mol. The van der Waals surface area contributed by atoms with Crippen molar-refractivity contribution >= 4 is 31.3 Å². The number of hydrogen-bond acceptors (Lipinski definition) is 14. The van der Waals surface area contributed by atoms with Gasteiger partial charge in [-0.25, -0.2) is 9.13 Å². The Morgan fingerprint density at radius 2 is 0.688 bits per heavy atom. The van der Waals surface area contributed by atoms with Crippen LogP contribution < -0.4 is 138 Å². The smallest absolute Gasteiger partial charge is 0.790 e. The Morgan fingerprint density at radius 1 is 0.500 bits per heavy atom. The molecule has 0 aromatic heterocycles. The van der Waals surface area contributed by atoms with Crippen molar-refractivity contribution in [2.24, 2.45) is 0 Å². The van der Waals surface area contributed by atoms with Gasteiger partial charge in [0.2, 0.25) is 0 Å². The number of phosphoric ester groups is 4. The van der Waals surface area contributed by atoms with Crippen molar-refractivity contribution in [2.45, 2.75) is 36.6 Å². The molecule has 32 heavy (non-hydrogen) atoms. The zero-order valence-electron chi connectivity index (χ0n) is 16.8. The molecule has 4 unspecified atom stereocenters. The second kappa shape index (κ2) is 16.5. The molecule has 0 aromatic carbocycles. The average molecular weight is 588 g/mol. The average Bonchev–Trinajstić information content (AvgIpc) is 2.39. The fraction of sp³-hybridized carbons (Fsp3) is 1.00. The van der Waals surface area contributed by atoms with Crippen molar-refractivity contribution < 1.29 is 204 Å². The van der Waals surface area contributed by atoms with Gasteiger partial charge >= 0.3 is 134 Å². The molecule has 168 valence electrons. The van der Waals surface area contributed by atoms with E-state index < -0.39 is 67.9 Å². The molecule has 0 amide bonds. The molecule has 26 heteroatoms. The summed E-state index contributed by atoms with van der Waals surface area (Å²) in [7, 11) is -23.5. The minimum Gasteiger partial charge on any atom is -0.790 e. The van der Waals surface area contributed by atoms with E-state index >= 15 is 0 Å². The van der Waals surface area contributed by atoms with Crippen LogP contribution in [-0.2, 0) is 36.4 Å². The summed E-state index contributed by atoms with van der Waals surface area (Å²) >= 11 is 0. The van der Waals surface area contributed by atoms with Gasteiger partial charge in [0, 0.05) is 0 Å². The van der Waals surface area contributed by atoms with E-state index in [4.69, 9.17) is 19.6 Å². The summed E-state index contributed by atoms with van der Waals surface area (Å²) in [6, 6.07) is 0. The van der Waals surface area contributed by atoms with E-state index in [1.165, 1.54) is 0 Å². The Morgan fingerprint density at radius 3 is 0.844 bits per heavy atom. The molecule has 1 fully saturated rings. The molecule has 1 aliphatic carbocycles. The Kier molecular flexibility index (Phi) is 22.3. The Labute approximate surface area is 268 Å². The maximum atomic E-state index is 11.0. The van der Waals surface area contributed by atoms with E-state index in [0.717, 1.165) is 0 Å². The normalized spacial score (nSPS) is 28.9. The first-order valence-electron chi connectivity index (χ1n) is 6.45. The number of rotatable bonds is 8. The molecule has 0 heterocycles. The van der Waals surface area contributed by atoms with E-state index in [0.29, 0.717) is 0 Å². The standard InChI is InChI=1S/C6H16O18P4.4Na/c7-1-3(21-25(9,10)11)5(23-27(15,16)17)2(8)6(24-28(18,19)20)4(1)22-26(12,13)14;;;;/h1-8H,(H2,9,10,11)(H2,12,13,14)(H2,15,16,17)(H2,18,19,20);;;;/q;4*+1/p-4. The molecule has 18 nitrogen and oxygen atoms in total. The monoisotopic (exact) mass is 588 g/mol. The van der Waals surface area contributed by atoms with E-state index in [2.05, 4.69) is 18.1 Å². The van der Waals surface area contributed by atoms with Gasteiger partial charge in [0.1, 0.15) is 36.6 Å². The topological polar surface area (TPSA) is 319 Å². The summed E-state index contributed by atoms with van der Waals surface area (Å²) in [6.07, 6.45) is -16.7. The van der Waals surface area contributed by atoms with Gasteiger partial charge in [-0.3, -0.25) is 9.05 Å². The second-order valence-corrected chi connectivity index (χ2v) is 9.73. The van der Waals surface area contributed by atoms with Crippen LogP contribution in [0.25, 0.3) is 0 Å².